The van der Waals surface area contributed by atoms with Gasteiger partial charge in [0.15, 0.2) is 0 Å². The number of hydrogen-bond acceptors (Lipinski definition) is 1. The Morgan fingerprint density at radius 2 is 2.06 bits per heavy atom. The zero-order chi connectivity index (χ0) is 11.5. The quantitative estimate of drug-likeness (QED) is 0.788. The van der Waals surface area contributed by atoms with E-state index in [-0.39, 0.29) is 0 Å². The molecule has 2 rings (SSSR count). The molecule has 88 valence electrons. The van der Waals surface area contributed by atoms with Crippen molar-refractivity contribution in [3.8, 4) is 0 Å². The van der Waals surface area contributed by atoms with Gasteiger partial charge >= 0.3 is 0 Å². The van der Waals surface area contributed by atoms with Crippen LogP contribution < -0.4 is 5.32 Å². The number of anilines is 1. The molecule has 2 unspecified atom stereocenters. The zero-order valence-corrected chi connectivity index (χ0v) is 11.0. The topological polar surface area (TPSA) is 12.0 Å². The Labute approximate surface area is 107 Å². The van der Waals surface area contributed by atoms with Crippen molar-refractivity contribution >= 4 is 28.9 Å². The van der Waals surface area contributed by atoms with Crippen LogP contribution in [0.3, 0.4) is 0 Å². The number of nitrogens with one attached hydrogen (secondary N) is 1. The van der Waals surface area contributed by atoms with E-state index in [1.54, 1.807) is 0 Å². The third kappa shape index (κ3) is 2.83. The second-order valence-electron chi connectivity index (χ2n) is 4.71. The maximum atomic E-state index is 6.15. The normalized spacial score (nSPS) is 25.4. The van der Waals surface area contributed by atoms with Gasteiger partial charge in [0, 0.05) is 6.04 Å². The first-order chi connectivity index (χ1) is 7.66. The lowest BCUT2D eigenvalue weighted by Crippen LogP contribution is -2.26. The van der Waals surface area contributed by atoms with Gasteiger partial charge in [0.05, 0.1) is 15.7 Å². The molecule has 0 spiro atoms. The molecule has 1 aliphatic rings. The standard InChI is InChI=1S/C13H17Cl2N/c1-9-4-2-5-10(8-9)16-12-7-3-6-11(14)13(12)15/h3,6-7,9-10,16H,2,4-5,8H2,1H3. The van der Waals surface area contributed by atoms with Crippen molar-refractivity contribution in [1.82, 2.24) is 0 Å². The van der Waals surface area contributed by atoms with Crippen LogP contribution in [-0.4, -0.2) is 6.04 Å². The molecule has 1 aromatic carbocycles. The van der Waals surface area contributed by atoms with Crippen molar-refractivity contribution in [2.24, 2.45) is 5.92 Å². The lowest BCUT2D eigenvalue weighted by Gasteiger charge is -2.28. The van der Waals surface area contributed by atoms with Crippen LogP contribution in [-0.2, 0) is 0 Å². The number of rotatable bonds is 2. The molecule has 1 saturated carbocycles. The Balaban J connectivity index is 2.05. The van der Waals surface area contributed by atoms with Crippen LogP contribution in [0.15, 0.2) is 18.2 Å². The molecule has 0 heterocycles. The summed E-state index contributed by atoms with van der Waals surface area (Å²) in [5, 5.41) is 4.77. The highest BCUT2D eigenvalue weighted by Crippen LogP contribution is 2.32. The van der Waals surface area contributed by atoms with Crippen molar-refractivity contribution in [2.45, 2.75) is 38.6 Å². The predicted octanol–water partition coefficient (Wildman–Crippen LogP) is 4.98. The highest BCUT2D eigenvalue weighted by atomic mass is 35.5. The van der Waals surface area contributed by atoms with E-state index < -0.39 is 0 Å². The average molecular weight is 258 g/mol. The smallest absolute Gasteiger partial charge is 0.0823 e. The van der Waals surface area contributed by atoms with E-state index in [0.29, 0.717) is 16.1 Å². The van der Waals surface area contributed by atoms with Crippen LogP contribution in [0.25, 0.3) is 0 Å². The van der Waals surface area contributed by atoms with Gasteiger partial charge in [-0.25, -0.2) is 0 Å². The molecule has 0 aromatic heterocycles. The Bertz CT molecular complexity index is 365. The van der Waals surface area contributed by atoms with Crippen LogP contribution in [0.4, 0.5) is 5.69 Å². The van der Waals surface area contributed by atoms with E-state index in [1.165, 1.54) is 25.7 Å². The van der Waals surface area contributed by atoms with Gasteiger partial charge < -0.3 is 5.32 Å². The maximum absolute atomic E-state index is 6.15. The van der Waals surface area contributed by atoms with Crippen LogP contribution in [0.1, 0.15) is 32.6 Å². The van der Waals surface area contributed by atoms with E-state index in [9.17, 15) is 0 Å². The molecular formula is C13H17Cl2N. The van der Waals surface area contributed by atoms with Gasteiger partial charge in [-0.3, -0.25) is 0 Å². The minimum atomic E-state index is 0.541. The molecule has 2 atom stereocenters. The fraction of sp³-hybridized carbons (Fsp3) is 0.538. The molecule has 1 aromatic rings. The molecule has 3 heteroatoms. The van der Waals surface area contributed by atoms with E-state index in [1.807, 2.05) is 18.2 Å². The van der Waals surface area contributed by atoms with Gasteiger partial charge in [0.25, 0.3) is 0 Å². The summed E-state index contributed by atoms with van der Waals surface area (Å²) in [7, 11) is 0. The maximum Gasteiger partial charge on any atom is 0.0823 e. The number of hydrogen-bond donors (Lipinski definition) is 1. The predicted molar refractivity (Wildman–Crippen MR) is 71.5 cm³/mol. The fourth-order valence-corrected chi connectivity index (χ4v) is 2.76. The molecule has 0 saturated heterocycles. The van der Waals surface area contributed by atoms with E-state index >= 15 is 0 Å². The SMILES string of the molecule is CC1CCCC(Nc2cccc(Cl)c2Cl)C1. The molecule has 0 aliphatic heterocycles. The van der Waals surface area contributed by atoms with Crippen LogP contribution >= 0.6 is 23.2 Å². The second-order valence-corrected chi connectivity index (χ2v) is 5.50. The Morgan fingerprint density at radius 3 is 2.81 bits per heavy atom. The van der Waals surface area contributed by atoms with Gasteiger partial charge in [0.1, 0.15) is 0 Å². The number of halogens is 2. The summed E-state index contributed by atoms with van der Waals surface area (Å²) in [5.74, 6) is 0.809. The first kappa shape index (κ1) is 12.1. The second kappa shape index (κ2) is 5.29. The third-order valence-corrected chi connectivity index (χ3v) is 4.07. The molecule has 1 fully saturated rings. The molecule has 0 bridgehead atoms. The molecule has 1 N–H and O–H groups in total. The summed E-state index contributed by atoms with van der Waals surface area (Å²) in [5.41, 5.74) is 0.966. The fourth-order valence-electron chi connectivity index (χ4n) is 2.40. The molecular weight excluding hydrogens is 241 g/mol. The molecule has 0 amide bonds. The van der Waals surface area contributed by atoms with E-state index in [2.05, 4.69) is 12.2 Å². The summed E-state index contributed by atoms with van der Waals surface area (Å²) in [4.78, 5) is 0. The monoisotopic (exact) mass is 257 g/mol. The first-order valence-electron chi connectivity index (χ1n) is 5.87. The lowest BCUT2D eigenvalue weighted by atomic mass is 9.87. The molecule has 1 aliphatic carbocycles. The Kier molecular flexibility index (Phi) is 3.99. The minimum Gasteiger partial charge on any atom is -0.381 e. The van der Waals surface area contributed by atoms with Crippen molar-refractivity contribution in [1.29, 1.82) is 0 Å². The Morgan fingerprint density at radius 1 is 1.25 bits per heavy atom. The van der Waals surface area contributed by atoms with Crippen molar-refractivity contribution in [3.63, 3.8) is 0 Å². The van der Waals surface area contributed by atoms with Gasteiger partial charge in [-0.1, -0.05) is 49.0 Å². The summed E-state index contributed by atoms with van der Waals surface area (Å²) in [6, 6.07) is 6.29. The summed E-state index contributed by atoms with van der Waals surface area (Å²) < 4.78 is 0. The van der Waals surface area contributed by atoms with Gasteiger partial charge in [-0.15, -0.1) is 0 Å². The van der Waals surface area contributed by atoms with Crippen LogP contribution in [0.5, 0.6) is 0 Å². The van der Waals surface area contributed by atoms with E-state index in [0.717, 1.165) is 11.6 Å². The highest BCUT2D eigenvalue weighted by molar-refractivity contribution is 6.43. The van der Waals surface area contributed by atoms with Crippen molar-refractivity contribution < 1.29 is 0 Å². The van der Waals surface area contributed by atoms with Gasteiger partial charge in [-0.05, 0) is 30.9 Å². The van der Waals surface area contributed by atoms with Crippen molar-refractivity contribution in [3.05, 3.63) is 28.2 Å². The van der Waals surface area contributed by atoms with Crippen molar-refractivity contribution in [2.75, 3.05) is 5.32 Å². The summed E-state index contributed by atoms with van der Waals surface area (Å²) in [6.07, 6.45) is 5.11. The largest absolute Gasteiger partial charge is 0.381 e. The molecule has 0 radical (unpaired) electrons. The zero-order valence-electron chi connectivity index (χ0n) is 9.47. The third-order valence-electron chi connectivity index (χ3n) is 3.25. The molecule has 1 nitrogen and oxygen atoms in total. The van der Waals surface area contributed by atoms with Crippen LogP contribution in [0, 0.1) is 5.92 Å². The van der Waals surface area contributed by atoms with Gasteiger partial charge in [-0.2, -0.15) is 0 Å². The summed E-state index contributed by atoms with van der Waals surface area (Å²) >= 11 is 12.1. The number of benzene rings is 1. The highest BCUT2D eigenvalue weighted by Gasteiger charge is 2.19. The Hall–Kier alpha value is -0.400. The molecule has 16 heavy (non-hydrogen) atoms. The minimum absolute atomic E-state index is 0.541. The summed E-state index contributed by atoms with van der Waals surface area (Å²) in [6.45, 7) is 2.31. The lowest BCUT2D eigenvalue weighted by molar-refractivity contribution is 0.358. The first-order valence-corrected chi connectivity index (χ1v) is 6.63. The average Bonchev–Trinajstić information content (AvgIpc) is 2.25. The van der Waals surface area contributed by atoms with Crippen LogP contribution in [0.2, 0.25) is 10.0 Å². The van der Waals surface area contributed by atoms with E-state index in [4.69, 9.17) is 23.2 Å². The van der Waals surface area contributed by atoms with Gasteiger partial charge in [0.2, 0.25) is 0 Å².